The summed E-state index contributed by atoms with van der Waals surface area (Å²) in [6.45, 7) is 2.17. The average molecular weight is 334 g/mol. The summed E-state index contributed by atoms with van der Waals surface area (Å²) < 4.78 is 1.20. The maximum absolute atomic E-state index is 9.46. The van der Waals surface area contributed by atoms with E-state index in [0.29, 0.717) is 0 Å². The fourth-order valence-electron chi connectivity index (χ4n) is 1.97. The van der Waals surface area contributed by atoms with Gasteiger partial charge in [-0.05, 0) is 53.1 Å². The minimum Gasteiger partial charge on any atom is -0.396 e. The summed E-state index contributed by atoms with van der Waals surface area (Å²) in [6.07, 6.45) is 2.57. The van der Waals surface area contributed by atoms with E-state index in [1.54, 1.807) is 0 Å². The molecule has 0 aromatic heterocycles. The molecule has 16 heavy (non-hydrogen) atoms. The molecular weight excluding hydrogens is 315 g/mol. The molecule has 1 rings (SSSR count). The summed E-state index contributed by atoms with van der Waals surface area (Å²) >= 11 is 2.27. The van der Waals surface area contributed by atoms with E-state index in [2.05, 4.69) is 53.8 Å². The van der Waals surface area contributed by atoms with Crippen molar-refractivity contribution in [1.29, 1.82) is 0 Å². The molecule has 0 aliphatic carbocycles. The van der Waals surface area contributed by atoms with Crippen molar-refractivity contribution in [1.82, 2.24) is 0 Å². The van der Waals surface area contributed by atoms with Crippen LogP contribution in [0.5, 0.6) is 0 Å². The second kappa shape index (κ2) is 6.57. The van der Waals surface area contributed by atoms with Crippen LogP contribution in [0.25, 0.3) is 0 Å². The zero-order valence-electron chi connectivity index (χ0n) is 9.62. The van der Waals surface area contributed by atoms with Gasteiger partial charge in [0.25, 0.3) is 0 Å². The lowest BCUT2D eigenvalue weighted by Crippen LogP contribution is -2.32. The van der Waals surface area contributed by atoms with Crippen molar-refractivity contribution in [2.45, 2.75) is 26.2 Å². The molecular formula is C13H19IO2. The maximum atomic E-state index is 9.46. The molecule has 3 heteroatoms. The van der Waals surface area contributed by atoms with Gasteiger partial charge in [-0.15, -0.1) is 0 Å². The minimum absolute atomic E-state index is 0.0450. The van der Waals surface area contributed by atoms with Gasteiger partial charge in [0, 0.05) is 8.99 Å². The van der Waals surface area contributed by atoms with Crippen LogP contribution in [0.1, 0.15) is 25.3 Å². The zero-order valence-corrected chi connectivity index (χ0v) is 11.8. The summed E-state index contributed by atoms with van der Waals surface area (Å²) in [5, 5.41) is 18.9. The molecule has 0 spiro atoms. The third kappa shape index (κ3) is 3.71. The Hall–Kier alpha value is -0.130. The van der Waals surface area contributed by atoms with E-state index in [1.165, 1.54) is 9.13 Å². The van der Waals surface area contributed by atoms with Crippen LogP contribution in [0, 0.1) is 8.99 Å². The van der Waals surface area contributed by atoms with Gasteiger partial charge in [-0.1, -0.05) is 25.5 Å². The number of halogens is 1. The summed E-state index contributed by atoms with van der Waals surface area (Å²) in [5.41, 5.74) is 0.818. The Morgan fingerprint density at radius 1 is 1.12 bits per heavy atom. The van der Waals surface area contributed by atoms with Gasteiger partial charge in [0.15, 0.2) is 0 Å². The molecule has 0 saturated carbocycles. The summed E-state index contributed by atoms with van der Waals surface area (Å²) in [6, 6.07) is 8.25. The Kier molecular flexibility index (Phi) is 5.72. The number of rotatable bonds is 6. The highest BCUT2D eigenvalue weighted by molar-refractivity contribution is 14.1. The van der Waals surface area contributed by atoms with Crippen molar-refractivity contribution in [2.75, 3.05) is 13.2 Å². The van der Waals surface area contributed by atoms with Gasteiger partial charge in [0.05, 0.1) is 13.2 Å². The monoisotopic (exact) mass is 334 g/mol. The van der Waals surface area contributed by atoms with E-state index >= 15 is 0 Å². The van der Waals surface area contributed by atoms with Gasteiger partial charge in [0.2, 0.25) is 0 Å². The van der Waals surface area contributed by atoms with Crippen LogP contribution in [-0.4, -0.2) is 23.4 Å². The first-order valence-electron chi connectivity index (χ1n) is 5.62. The first-order valence-corrected chi connectivity index (χ1v) is 6.70. The van der Waals surface area contributed by atoms with E-state index in [-0.39, 0.29) is 18.6 Å². The van der Waals surface area contributed by atoms with Crippen molar-refractivity contribution in [3.05, 3.63) is 33.4 Å². The van der Waals surface area contributed by atoms with Crippen LogP contribution in [0.3, 0.4) is 0 Å². The molecule has 2 N–H and O–H groups in total. The number of aliphatic hydroxyl groups excluding tert-OH is 2. The third-order valence-corrected chi connectivity index (χ3v) is 3.66. The molecule has 0 aliphatic heterocycles. The third-order valence-electron chi connectivity index (χ3n) is 2.94. The SMILES string of the molecule is CCCC(CO)(CO)Cc1ccc(I)cc1. The largest absolute Gasteiger partial charge is 0.396 e. The second-order valence-electron chi connectivity index (χ2n) is 4.37. The van der Waals surface area contributed by atoms with Crippen molar-refractivity contribution in [3.8, 4) is 0 Å². The van der Waals surface area contributed by atoms with E-state index in [9.17, 15) is 10.2 Å². The Labute approximate surface area is 111 Å². The van der Waals surface area contributed by atoms with E-state index < -0.39 is 0 Å². The minimum atomic E-state index is -0.360. The molecule has 0 unspecified atom stereocenters. The molecule has 0 saturated heterocycles. The molecule has 0 bridgehead atoms. The first-order chi connectivity index (χ1) is 7.65. The zero-order chi connectivity index (χ0) is 12.0. The van der Waals surface area contributed by atoms with Gasteiger partial charge in [0.1, 0.15) is 0 Å². The summed E-state index contributed by atoms with van der Waals surface area (Å²) in [5.74, 6) is 0. The van der Waals surface area contributed by atoms with Crippen molar-refractivity contribution in [3.63, 3.8) is 0 Å². The number of hydrogen-bond donors (Lipinski definition) is 2. The molecule has 90 valence electrons. The smallest absolute Gasteiger partial charge is 0.0512 e. The average Bonchev–Trinajstić information content (AvgIpc) is 2.31. The molecule has 1 aromatic carbocycles. The van der Waals surface area contributed by atoms with Crippen molar-refractivity contribution < 1.29 is 10.2 Å². The van der Waals surface area contributed by atoms with Crippen LogP contribution in [0.2, 0.25) is 0 Å². The molecule has 1 aromatic rings. The fourth-order valence-corrected chi connectivity index (χ4v) is 2.33. The lowest BCUT2D eigenvalue weighted by Gasteiger charge is -2.29. The Morgan fingerprint density at radius 2 is 1.69 bits per heavy atom. The standard InChI is InChI=1S/C13H19IO2/c1-2-7-13(9-15,10-16)8-11-3-5-12(14)6-4-11/h3-6,15-16H,2,7-10H2,1H3. The Bertz CT molecular complexity index is 304. The number of hydrogen-bond acceptors (Lipinski definition) is 2. The topological polar surface area (TPSA) is 40.5 Å². The van der Waals surface area contributed by atoms with Crippen LogP contribution in [-0.2, 0) is 6.42 Å². The lowest BCUT2D eigenvalue weighted by molar-refractivity contribution is 0.0466. The predicted molar refractivity (Wildman–Crippen MR) is 74.4 cm³/mol. The summed E-state index contributed by atoms with van der Waals surface area (Å²) in [7, 11) is 0. The Morgan fingerprint density at radius 3 is 2.12 bits per heavy atom. The van der Waals surface area contributed by atoms with Gasteiger partial charge in [-0.3, -0.25) is 0 Å². The van der Waals surface area contributed by atoms with Crippen molar-refractivity contribution in [2.24, 2.45) is 5.41 Å². The number of benzene rings is 1. The number of aliphatic hydroxyl groups is 2. The highest BCUT2D eigenvalue weighted by Crippen LogP contribution is 2.28. The molecule has 0 atom stereocenters. The van der Waals surface area contributed by atoms with Gasteiger partial charge in [-0.2, -0.15) is 0 Å². The van der Waals surface area contributed by atoms with Crippen LogP contribution < -0.4 is 0 Å². The highest BCUT2D eigenvalue weighted by atomic mass is 127. The molecule has 0 aliphatic rings. The molecule has 0 fully saturated rings. The van der Waals surface area contributed by atoms with E-state index in [4.69, 9.17) is 0 Å². The highest BCUT2D eigenvalue weighted by Gasteiger charge is 2.27. The molecule has 0 heterocycles. The van der Waals surface area contributed by atoms with Gasteiger partial charge < -0.3 is 10.2 Å². The summed E-state index contributed by atoms with van der Waals surface area (Å²) in [4.78, 5) is 0. The van der Waals surface area contributed by atoms with Crippen molar-refractivity contribution >= 4 is 22.6 Å². The fraction of sp³-hybridized carbons (Fsp3) is 0.538. The van der Waals surface area contributed by atoms with Gasteiger partial charge in [-0.25, -0.2) is 0 Å². The maximum Gasteiger partial charge on any atom is 0.0512 e. The van der Waals surface area contributed by atoms with Crippen LogP contribution in [0.15, 0.2) is 24.3 Å². The molecule has 0 radical (unpaired) electrons. The normalized spacial score (nSPS) is 11.8. The van der Waals surface area contributed by atoms with Gasteiger partial charge >= 0.3 is 0 Å². The predicted octanol–water partition coefficient (Wildman–Crippen LogP) is 2.60. The molecule has 0 amide bonds. The molecule has 2 nitrogen and oxygen atoms in total. The first kappa shape index (κ1) is 13.9. The second-order valence-corrected chi connectivity index (χ2v) is 5.62. The quantitative estimate of drug-likeness (QED) is 0.785. The Balaban J connectivity index is 2.78. The lowest BCUT2D eigenvalue weighted by atomic mass is 9.79. The van der Waals surface area contributed by atoms with E-state index in [0.717, 1.165) is 19.3 Å². The van der Waals surface area contributed by atoms with Crippen LogP contribution in [0.4, 0.5) is 0 Å². The van der Waals surface area contributed by atoms with Crippen LogP contribution >= 0.6 is 22.6 Å². The van der Waals surface area contributed by atoms with E-state index in [1.807, 2.05) is 0 Å².